The van der Waals surface area contributed by atoms with Gasteiger partial charge in [-0.15, -0.1) is 11.3 Å². The summed E-state index contributed by atoms with van der Waals surface area (Å²) in [6.07, 6.45) is 0.0858. The maximum absolute atomic E-state index is 12.0. The van der Waals surface area contributed by atoms with Crippen molar-refractivity contribution in [3.8, 4) is 0 Å². The molecular weight excluding hydrogens is 318 g/mol. The van der Waals surface area contributed by atoms with Crippen LogP contribution >= 0.6 is 27.3 Å². The van der Waals surface area contributed by atoms with Gasteiger partial charge < -0.3 is 10.0 Å². The predicted molar refractivity (Wildman–Crippen MR) is 72.5 cm³/mol. The van der Waals surface area contributed by atoms with Gasteiger partial charge in [-0.3, -0.25) is 9.59 Å². The van der Waals surface area contributed by atoms with Crippen molar-refractivity contribution in [3.05, 3.63) is 20.8 Å². The van der Waals surface area contributed by atoms with Gasteiger partial charge in [-0.1, -0.05) is 0 Å². The molecule has 4 nitrogen and oxygen atoms in total. The van der Waals surface area contributed by atoms with E-state index in [2.05, 4.69) is 15.9 Å². The van der Waals surface area contributed by atoms with Gasteiger partial charge in [0.1, 0.15) is 0 Å². The van der Waals surface area contributed by atoms with Gasteiger partial charge in [0.25, 0.3) is 0 Å². The Morgan fingerprint density at radius 2 is 2.28 bits per heavy atom. The maximum atomic E-state index is 12.0. The summed E-state index contributed by atoms with van der Waals surface area (Å²) in [6.45, 7) is 3.83. The third-order valence-electron chi connectivity index (χ3n) is 3.15. The lowest BCUT2D eigenvalue weighted by Crippen LogP contribution is -2.35. The van der Waals surface area contributed by atoms with Crippen LogP contribution in [0.1, 0.15) is 31.2 Å². The molecule has 0 aliphatic carbocycles. The van der Waals surface area contributed by atoms with Crippen molar-refractivity contribution in [1.29, 1.82) is 0 Å². The Balaban J connectivity index is 2.46. The number of thiophene rings is 1. The first-order chi connectivity index (χ1) is 8.43. The minimum Gasteiger partial charge on any atom is -0.481 e. The summed E-state index contributed by atoms with van der Waals surface area (Å²) < 4.78 is 0.879. The highest BCUT2D eigenvalue weighted by Crippen LogP contribution is 2.44. The number of hydrogen-bond donors (Lipinski definition) is 1. The summed E-state index contributed by atoms with van der Waals surface area (Å²) in [4.78, 5) is 26.0. The third-order valence-corrected chi connectivity index (χ3v) is 5.09. The molecule has 2 unspecified atom stereocenters. The van der Waals surface area contributed by atoms with Gasteiger partial charge in [0, 0.05) is 21.8 Å². The molecule has 2 rings (SSSR count). The fourth-order valence-corrected chi connectivity index (χ4v) is 4.18. The van der Waals surface area contributed by atoms with Crippen molar-refractivity contribution in [2.75, 3.05) is 0 Å². The van der Waals surface area contributed by atoms with Gasteiger partial charge in [0.15, 0.2) is 0 Å². The van der Waals surface area contributed by atoms with Crippen molar-refractivity contribution < 1.29 is 14.7 Å². The second-order valence-corrected chi connectivity index (χ2v) is 6.42. The molecule has 0 bridgehead atoms. The van der Waals surface area contributed by atoms with E-state index in [1.165, 1.54) is 11.3 Å². The minimum atomic E-state index is -0.906. The largest absolute Gasteiger partial charge is 0.481 e. The number of hydrogen-bond acceptors (Lipinski definition) is 3. The van der Waals surface area contributed by atoms with Crippen molar-refractivity contribution in [2.45, 2.75) is 32.4 Å². The zero-order valence-electron chi connectivity index (χ0n) is 10.1. The second-order valence-electron chi connectivity index (χ2n) is 4.62. The van der Waals surface area contributed by atoms with Crippen LogP contribution in [0.25, 0.3) is 0 Å². The topological polar surface area (TPSA) is 57.6 Å². The molecule has 1 aromatic heterocycles. The molecule has 1 aliphatic heterocycles. The van der Waals surface area contributed by atoms with E-state index in [0.717, 1.165) is 9.35 Å². The Kier molecular flexibility index (Phi) is 3.77. The Bertz CT molecular complexity index is 485. The lowest BCUT2D eigenvalue weighted by atomic mass is 9.99. The van der Waals surface area contributed by atoms with Crippen molar-refractivity contribution >= 4 is 39.1 Å². The minimum absolute atomic E-state index is 0.000787. The number of carbonyl (C=O) groups is 2. The summed E-state index contributed by atoms with van der Waals surface area (Å²) in [5.41, 5.74) is 0. The molecule has 98 valence electrons. The number of carbonyl (C=O) groups excluding carboxylic acids is 1. The SMILES string of the molecule is CC(C)N1C(=O)CC(C(=O)O)C1c1sccc1Br. The second kappa shape index (κ2) is 5.01. The number of amides is 1. The molecule has 6 heteroatoms. The first-order valence-corrected chi connectivity index (χ1v) is 7.37. The zero-order valence-corrected chi connectivity index (χ0v) is 12.5. The Hall–Kier alpha value is -0.880. The van der Waals surface area contributed by atoms with Crippen LogP contribution in [-0.2, 0) is 9.59 Å². The number of likely N-dealkylation sites (tertiary alicyclic amines) is 1. The van der Waals surface area contributed by atoms with Gasteiger partial charge >= 0.3 is 5.97 Å². The molecule has 1 N–H and O–H groups in total. The van der Waals surface area contributed by atoms with Crippen molar-refractivity contribution in [2.24, 2.45) is 5.92 Å². The number of rotatable bonds is 3. The van der Waals surface area contributed by atoms with E-state index in [0.29, 0.717) is 0 Å². The summed E-state index contributed by atoms with van der Waals surface area (Å²) in [5, 5.41) is 11.2. The van der Waals surface area contributed by atoms with Gasteiger partial charge in [-0.25, -0.2) is 0 Å². The summed E-state index contributed by atoms with van der Waals surface area (Å²) in [5.74, 6) is -1.64. The summed E-state index contributed by atoms with van der Waals surface area (Å²) in [6, 6.07) is 1.53. The van der Waals surface area contributed by atoms with E-state index < -0.39 is 11.9 Å². The Labute approximate surface area is 118 Å². The molecule has 0 radical (unpaired) electrons. The van der Waals surface area contributed by atoms with E-state index >= 15 is 0 Å². The van der Waals surface area contributed by atoms with E-state index in [4.69, 9.17) is 0 Å². The number of halogens is 1. The average molecular weight is 332 g/mol. The van der Waals surface area contributed by atoms with Crippen LogP contribution < -0.4 is 0 Å². The molecule has 0 saturated carbocycles. The molecule has 18 heavy (non-hydrogen) atoms. The molecule has 0 spiro atoms. The highest BCUT2D eigenvalue weighted by Gasteiger charge is 2.46. The van der Waals surface area contributed by atoms with Crippen molar-refractivity contribution in [1.82, 2.24) is 4.90 Å². The van der Waals surface area contributed by atoms with Crippen LogP contribution in [0.15, 0.2) is 15.9 Å². The standard InChI is InChI=1S/C12H14BrNO3S/c1-6(2)14-9(15)5-7(12(16)17)10(14)11-8(13)3-4-18-11/h3-4,6-7,10H,5H2,1-2H3,(H,16,17). The van der Waals surface area contributed by atoms with E-state index in [-0.39, 0.29) is 24.4 Å². The summed E-state index contributed by atoms with van der Waals surface area (Å²) in [7, 11) is 0. The van der Waals surface area contributed by atoms with Crippen LogP contribution in [0.2, 0.25) is 0 Å². The monoisotopic (exact) mass is 331 g/mol. The quantitative estimate of drug-likeness (QED) is 0.926. The third kappa shape index (κ3) is 2.19. The Morgan fingerprint density at radius 1 is 1.61 bits per heavy atom. The molecular formula is C12H14BrNO3S. The van der Waals surface area contributed by atoms with Gasteiger partial charge in [-0.05, 0) is 41.2 Å². The number of nitrogens with zero attached hydrogens (tertiary/aromatic N) is 1. The fraction of sp³-hybridized carbons (Fsp3) is 0.500. The smallest absolute Gasteiger partial charge is 0.309 e. The molecule has 1 aromatic rings. The molecule has 1 saturated heterocycles. The van der Waals surface area contributed by atoms with Gasteiger partial charge in [-0.2, -0.15) is 0 Å². The fourth-order valence-electron chi connectivity index (χ4n) is 2.41. The van der Waals surface area contributed by atoms with Crippen LogP contribution in [0.3, 0.4) is 0 Å². The first-order valence-electron chi connectivity index (χ1n) is 5.70. The van der Waals surface area contributed by atoms with Gasteiger partial charge in [0.05, 0.1) is 12.0 Å². The molecule has 0 aromatic carbocycles. The lowest BCUT2D eigenvalue weighted by molar-refractivity contribution is -0.142. The molecule has 1 aliphatic rings. The highest BCUT2D eigenvalue weighted by molar-refractivity contribution is 9.10. The average Bonchev–Trinajstić information content (AvgIpc) is 2.81. The van der Waals surface area contributed by atoms with E-state index in [1.54, 1.807) is 4.90 Å². The maximum Gasteiger partial charge on any atom is 0.309 e. The van der Waals surface area contributed by atoms with Gasteiger partial charge in [0.2, 0.25) is 5.91 Å². The Morgan fingerprint density at radius 3 is 2.72 bits per heavy atom. The molecule has 2 atom stereocenters. The molecule has 2 heterocycles. The zero-order chi connectivity index (χ0) is 13.4. The van der Waals surface area contributed by atoms with Crippen molar-refractivity contribution in [3.63, 3.8) is 0 Å². The molecule has 1 amide bonds. The molecule has 1 fully saturated rings. The van der Waals surface area contributed by atoms with E-state index in [9.17, 15) is 14.7 Å². The normalized spacial score (nSPS) is 24.0. The van der Waals surface area contributed by atoms with Crippen LogP contribution in [-0.4, -0.2) is 27.9 Å². The number of aliphatic carboxylic acids is 1. The van der Waals surface area contributed by atoms with Crippen LogP contribution in [0, 0.1) is 5.92 Å². The lowest BCUT2D eigenvalue weighted by Gasteiger charge is -2.30. The summed E-state index contributed by atoms with van der Waals surface area (Å²) >= 11 is 4.92. The highest BCUT2D eigenvalue weighted by atomic mass is 79.9. The van der Waals surface area contributed by atoms with Crippen LogP contribution in [0.4, 0.5) is 0 Å². The number of carboxylic acid groups (broad SMARTS) is 1. The van der Waals surface area contributed by atoms with Crippen LogP contribution in [0.5, 0.6) is 0 Å². The van der Waals surface area contributed by atoms with E-state index in [1.807, 2.05) is 25.3 Å². The first kappa shape index (κ1) is 13.5. The number of carboxylic acids is 1. The predicted octanol–water partition coefficient (Wildman–Crippen LogP) is 2.89.